The summed E-state index contributed by atoms with van der Waals surface area (Å²) in [6.45, 7) is 10.5. The molecule has 2 nitrogen and oxygen atoms in total. The van der Waals surface area contributed by atoms with Crippen LogP contribution in [0.3, 0.4) is 0 Å². The van der Waals surface area contributed by atoms with E-state index in [2.05, 4.69) is 25.2 Å². The summed E-state index contributed by atoms with van der Waals surface area (Å²) in [6.07, 6.45) is 6.99. The number of nitrogens with one attached hydrogen (secondary N) is 1. The van der Waals surface area contributed by atoms with Gasteiger partial charge in [0.2, 0.25) is 0 Å². The van der Waals surface area contributed by atoms with Crippen LogP contribution < -0.4 is 5.32 Å². The second-order valence-electron chi connectivity index (χ2n) is 6.92. The third-order valence-corrected chi connectivity index (χ3v) is 4.16. The molecule has 1 aliphatic carbocycles. The number of rotatable bonds is 5. The van der Waals surface area contributed by atoms with Gasteiger partial charge < -0.3 is 5.32 Å². The van der Waals surface area contributed by atoms with E-state index in [0.29, 0.717) is 5.41 Å². The van der Waals surface area contributed by atoms with Crippen molar-refractivity contribution in [2.24, 2.45) is 16.7 Å². The van der Waals surface area contributed by atoms with Crippen molar-refractivity contribution < 1.29 is 0 Å². The summed E-state index contributed by atoms with van der Waals surface area (Å²) in [4.78, 5) is 0. The average Bonchev–Trinajstić information content (AvgIpc) is 2.30. The molecule has 0 atom stereocenters. The van der Waals surface area contributed by atoms with Crippen LogP contribution in [0.2, 0.25) is 0 Å². The van der Waals surface area contributed by atoms with Gasteiger partial charge in [0, 0.05) is 13.1 Å². The highest BCUT2D eigenvalue weighted by Crippen LogP contribution is 2.37. The van der Waals surface area contributed by atoms with E-state index >= 15 is 0 Å². The number of nitriles is 1. The van der Waals surface area contributed by atoms with Crippen molar-refractivity contribution in [3.8, 4) is 6.07 Å². The van der Waals surface area contributed by atoms with Crippen LogP contribution in [0, 0.1) is 28.1 Å². The Morgan fingerprint density at radius 2 is 1.65 bits per heavy atom. The molecule has 1 N–H and O–H groups in total. The molecule has 1 saturated carbocycles. The van der Waals surface area contributed by atoms with Crippen molar-refractivity contribution in [1.82, 2.24) is 5.32 Å². The van der Waals surface area contributed by atoms with Crippen LogP contribution in [0.4, 0.5) is 0 Å². The normalized spacial score (nSPS) is 19.0. The lowest BCUT2D eigenvalue weighted by Gasteiger charge is -2.37. The highest BCUT2D eigenvalue weighted by Gasteiger charge is 2.30. The van der Waals surface area contributed by atoms with Gasteiger partial charge in [0.15, 0.2) is 0 Å². The van der Waals surface area contributed by atoms with Crippen molar-refractivity contribution >= 4 is 0 Å². The first-order valence-electron chi connectivity index (χ1n) is 6.99. The molecule has 98 valence electrons. The van der Waals surface area contributed by atoms with Gasteiger partial charge in [-0.3, -0.25) is 0 Å². The molecule has 2 heteroatoms. The maximum atomic E-state index is 8.98. The van der Waals surface area contributed by atoms with Crippen LogP contribution in [-0.4, -0.2) is 13.1 Å². The zero-order valence-corrected chi connectivity index (χ0v) is 12.0. The second kappa shape index (κ2) is 5.87. The van der Waals surface area contributed by atoms with E-state index in [0.717, 1.165) is 19.0 Å². The largest absolute Gasteiger partial charge is 0.315 e. The van der Waals surface area contributed by atoms with Gasteiger partial charge in [-0.05, 0) is 38.0 Å². The second-order valence-corrected chi connectivity index (χ2v) is 6.92. The SMILES string of the molecule is CC(C)(C#N)CNCC(C)(C)C1CCCCC1. The van der Waals surface area contributed by atoms with E-state index in [9.17, 15) is 0 Å². The van der Waals surface area contributed by atoms with Gasteiger partial charge in [-0.1, -0.05) is 33.1 Å². The van der Waals surface area contributed by atoms with Crippen LogP contribution in [-0.2, 0) is 0 Å². The molecule has 0 unspecified atom stereocenters. The maximum Gasteiger partial charge on any atom is 0.0697 e. The van der Waals surface area contributed by atoms with E-state index in [1.165, 1.54) is 32.1 Å². The molecule has 0 heterocycles. The van der Waals surface area contributed by atoms with Crippen LogP contribution in [0.1, 0.15) is 59.8 Å². The molecule has 0 amide bonds. The molecule has 0 aliphatic heterocycles. The lowest BCUT2D eigenvalue weighted by Crippen LogP contribution is -2.40. The monoisotopic (exact) mass is 236 g/mol. The number of hydrogen-bond acceptors (Lipinski definition) is 2. The van der Waals surface area contributed by atoms with Gasteiger partial charge >= 0.3 is 0 Å². The molecular weight excluding hydrogens is 208 g/mol. The molecule has 0 aromatic carbocycles. The van der Waals surface area contributed by atoms with Gasteiger partial charge in [-0.15, -0.1) is 0 Å². The average molecular weight is 236 g/mol. The first-order chi connectivity index (χ1) is 7.87. The summed E-state index contributed by atoms with van der Waals surface area (Å²) in [7, 11) is 0. The highest BCUT2D eigenvalue weighted by molar-refractivity contribution is 4.94. The van der Waals surface area contributed by atoms with Gasteiger partial charge in [0.1, 0.15) is 0 Å². The first kappa shape index (κ1) is 14.5. The standard InChI is InChI=1S/C15H28N2/c1-14(2,10-16)11-17-12-15(3,4)13-8-6-5-7-9-13/h13,17H,5-9,11-12H2,1-4H3. The predicted molar refractivity (Wildman–Crippen MR) is 72.6 cm³/mol. The van der Waals surface area contributed by atoms with Gasteiger partial charge in [0.05, 0.1) is 11.5 Å². The Morgan fingerprint density at radius 1 is 1.06 bits per heavy atom. The first-order valence-corrected chi connectivity index (χ1v) is 6.99. The smallest absolute Gasteiger partial charge is 0.0697 e. The molecule has 17 heavy (non-hydrogen) atoms. The third-order valence-electron chi connectivity index (χ3n) is 4.16. The van der Waals surface area contributed by atoms with E-state index < -0.39 is 0 Å². The lowest BCUT2D eigenvalue weighted by molar-refractivity contribution is 0.151. The molecular formula is C15H28N2. The van der Waals surface area contributed by atoms with Crippen LogP contribution in [0.5, 0.6) is 0 Å². The van der Waals surface area contributed by atoms with Crippen LogP contribution in [0.25, 0.3) is 0 Å². The number of nitrogens with zero attached hydrogens (tertiary/aromatic N) is 1. The van der Waals surface area contributed by atoms with Crippen LogP contribution >= 0.6 is 0 Å². The van der Waals surface area contributed by atoms with E-state index in [1.807, 2.05) is 13.8 Å². The Labute approximate surface area is 107 Å². The number of hydrogen-bond donors (Lipinski definition) is 1. The van der Waals surface area contributed by atoms with Gasteiger partial charge in [-0.25, -0.2) is 0 Å². The minimum Gasteiger partial charge on any atom is -0.315 e. The van der Waals surface area contributed by atoms with E-state index in [4.69, 9.17) is 5.26 Å². The van der Waals surface area contributed by atoms with Crippen molar-refractivity contribution in [3.63, 3.8) is 0 Å². The zero-order chi connectivity index (χ0) is 12.9. The summed E-state index contributed by atoms with van der Waals surface area (Å²) in [6, 6.07) is 2.34. The Bertz CT molecular complexity index is 267. The highest BCUT2D eigenvalue weighted by atomic mass is 14.9. The minimum absolute atomic E-state index is 0.247. The maximum absolute atomic E-state index is 8.98. The summed E-state index contributed by atoms with van der Waals surface area (Å²) in [5, 5.41) is 12.5. The van der Waals surface area contributed by atoms with Gasteiger partial charge in [0.25, 0.3) is 0 Å². The predicted octanol–water partition coefficient (Wildman–Crippen LogP) is 3.73. The molecule has 0 aromatic heterocycles. The lowest BCUT2D eigenvalue weighted by atomic mass is 9.71. The molecule has 1 aliphatic rings. The fourth-order valence-electron chi connectivity index (χ4n) is 2.77. The minimum atomic E-state index is -0.247. The summed E-state index contributed by atoms with van der Waals surface area (Å²) < 4.78 is 0. The molecule has 0 saturated heterocycles. The van der Waals surface area contributed by atoms with Crippen molar-refractivity contribution in [2.75, 3.05) is 13.1 Å². The summed E-state index contributed by atoms with van der Waals surface area (Å²) in [5.74, 6) is 0.856. The topological polar surface area (TPSA) is 35.8 Å². The fourth-order valence-corrected chi connectivity index (χ4v) is 2.77. The molecule has 0 bridgehead atoms. The fraction of sp³-hybridized carbons (Fsp3) is 0.933. The third kappa shape index (κ3) is 4.68. The zero-order valence-electron chi connectivity index (χ0n) is 12.0. The van der Waals surface area contributed by atoms with Gasteiger partial charge in [-0.2, -0.15) is 5.26 Å². The molecule has 0 radical (unpaired) electrons. The van der Waals surface area contributed by atoms with Crippen molar-refractivity contribution in [2.45, 2.75) is 59.8 Å². The van der Waals surface area contributed by atoms with E-state index in [-0.39, 0.29) is 5.41 Å². The summed E-state index contributed by atoms with van der Waals surface area (Å²) >= 11 is 0. The summed E-state index contributed by atoms with van der Waals surface area (Å²) in [5.41, 5.74) is 0.120. The molecule has 0 spiro atoms. The molecule has 0 aromatic rings. The van der Waals surface area contributed by atoms with Crippen LogP contribution in [0.15, 0.2) is 0 Å². The molecule has 1 rings (SSSR count). The van der Waals surface area contributed by atoms with E-state index in [1.54, 1.807) is 0 Å². The Balaban J connectivity index is 2.36. The Hall–Kier alpha value is -0.550. The van der Waals surface area contributed by atoms with Crippen molar-refractivity contribution in [3.05, 3.63) is 0 Å². The molecule has 1 fully saturated rings. The Morgan fingerprint density at radius 3 is 2.18 bits per heavy atom. The Kier molecular flexibility index (Phi) is 5.01. The van der Waals surface area contributed by atoms with Crippen molar-refractivity contribution in [1.29, 1.82) is 5.26 Å². The quantitative estimate of drug-likeness (QED) is 0.789.